The Hall–Kier alpha value is -3.21. The second-order valence-electron chi connectivity index (χ2n) is 6.51. The summed E-state index contributed by atoms with van der Waals surface area (Å²) in [4.78, 5) is 11.9. The highest BCUT2D eigenvalue weighted by Gasteiger charge is 2.18. The summed E-state index contributed by atoms with van der Waals surface area (Å²) in [6, 6.07) is 15.8. The van der Waals surface area contributed by atoms with Gasteiger partial charge in [-0.15, -0.1) is 0 Å². The van der Waals surface area contributed by atoms with Crippen LogP contribution >= 0.6 is 0 Å². The molecule has 0 aliphatic heterocycles. The van der Waals surface area contributed by atoms with E-state index in [0.29, 0.717) is 10.9 Å². The minimum absolute atomic E-state index is 0.132. The summed E-state index contributed by atoms with van der Waals surface area (Å²) in [5.41, 5.74) is 8.78. The third-order valence-corrected chi connectivity index (χ3v) is 4.86. The fraction of sp³-hybridized carbons (Fsp3) is 0.136. The normalized spacial score (nSPS) is 11.4. The van der Waals surface area contributed by atoms with E-state index in [1.165, 1.54) is 6.07 Å². The molecule has 2 N–H and O–H groups in total. The first kappa shape index (κ1) is 17.2. The maximum absolute atomic E-state index is 14.3. The number of amides is 1. The Morgan fingerprint density at radius 2 is 1.96 bits per heavy atom. The van der Waals surface area contributed by atoms with Crippen molar-refractivity contribution in [2.45, 2.75) is 19.9 Å². The van der Waals surface area contributed by atoms with Crippen LogP contribution in [0.25, 0.3) is 21.8 Å². The SMILES string of the molecule is CCc1c[c]c2c3c(C(N)=O)cccc3n(Cc3cc(F)ccc3F)c2c1. The standard InChI is InChI=1S/C22H17F2N2O/c1-2-13-6-8-16-20(10-13)26(12-14-11-15(23)7-9-18(14)24)19-5-3-4-17(21(16)19)22(25)27/h3-7,9-11H,2,12H2,1H3,(H2,25,27). The molecule has 0 spiro atoms. The maximum Gasteiger partial charge on any atom is 0.249 e. The van der Waals surface area contributed by atoms with Gasteiger partial charge in [-0.25, -0.2) is 8.78 Å². The molecule has 0 aliphatic carbocycles. The number of aromatic nitrogens is 1. The van der Waals surface area contributed by atoms with E-state index in [9.17, 15) is 13.6 Å². The van der Waals surface area contributed by atoms with E-state index in [0.717, 1.165) is 40.5 Å². The van der Waals surface area contributed by atoms with Crippen molar-refractivity contribution in [2.24, 2.45) is 5.73 Å². The first-order chi connectivity index (χ1) is 13.0. The van der Waals surface area contributed by atoms with Gasteiger partial charge < -0.3 is 10.3 Å². The quantitative estimate of drug-likeness (QED) is 0.567. The van der Waals surface area contributed by atoms with Crippen molar-refractivity contribution < 1.29 is 13.6 Å². The predicted octanol–water partition coefficient (Wildman–Crippen LogP) is 4.58. The molecule has 1 radical (unpaired) electrons. The molecule has 5 heteroatoms. The first-order valence-electron chi connectivity index (χ1n) is 8.69. The van der Waals surface area contributed by atoms with Crippen molar-refractivity contribution in [3.63, 3.8) is 0 Å². The molecule has 1 amide bonds. The van der Waals surface area contributed by atoms with Crippen LogP contribution in [0, 0.1) is 17.7 Å². The Morgan fingerprint density at radius 1 is 1.15 bits per heavy atom. The molecular formula is C22H17F2N2O. The number of nitrogens with zero attached hydrogens (tertiary/aromatic N) is 1. The average Bonchev–Trinajstić information content (AvgIpc) is 2.97. The van der Waals surface area contributed by atoms with Gasteiger partial charge in [0.05, 0.1) is 17.6 Å². The second-order valence-corrected chi connectivity index (χ2v) is 6.51. The Kier molecular flexibility index (Phi) is 4.15. The number of halogens is 2. The van der Waals surface area contributed by atoms with E-state index in [1.807, 2.05) is 29.7 Å². The number of hydrogen-bond acceptors (Lipinski definition) is 1. The van der Waals surface area contributed by atoms with Gasteiger partial charge in [-0.1, -0.05) is 19.1 Å². The predicted molar refractivity (Wildman–Crippen MR) is 102 cm³/mol. The molecule has 3 nitrogen and oxygen atoms in total. The van der Waals surface area contributed by atoms with Crippen molar-refractivity contribution in [2.75, 3.05) is 0 Å². The summed E-state index contributed by atoms with van der Waals surface area (Å²) in [5.74, 6) is -1.51. The molecular weight excluding hydrogens is 346 g/mol. The van der Waals surface area contributed by atoms with Gasteiger partial charge in [-0.05, 0) is 54.4 Å². The molecule has 0 aliphatic rings. The van der Waals surface area contributed by atoms with Gasteiger partial charge in [0, 0.05) is 21.9 Å². The average molecular weight is 363 g/mol. The summed E-state index contributed by atoms with van der Waals surface area (Å²) in [6.45, 7) is 2.16. The fourth-order valence-electron chi connectivity index (χ4n) is 3.51. The number of carbonyl (C=O) groups is 1. The summed E-state index contributed by atoms with van der Waals surface area (Å²) >= 11 is 0. The number of primary amides is 1. The molecule has 0 bridgehead atoms. The summed E-state index contributed by atoms with van der Waals surface area (Å²) in [5, 5.41) is 1.42. The van der Waals surface area contributed by atoms with Crippen molar-refractivity contribution in [1.82, 2.24) is 4.57 Å². The van der Waals surface area contributed by atoms with E-state index >= 15 is 0 Å². The van der Waals surface area contributed by atoms with E-state index in [-0.39, 0.29) is 12.1 Å². The molecule has 27 heavy (non-hydrogen) atoms. The number of nitrogens with two attached hydrogens (primary N) is 1. The van der Waals surface area contributed by atoms with Gasteiger partial charge in [0.1, 0.15) is 11.6 Å². The molecule has 1 aromatic heterocycles. The van der Waals surface area contributed by atoms with Gasteiger partial charge in [0.25, 0.3) is 0 Å². The minimum atomic E-state index is -0.537. The van der Waals surface area contributed by atoms with E-state index in [2.05, 4.69) is 6.07 Å². The van der Waals surface area contributed by atoms with Crippen LogP contribution < -0.4 is 5.73 Å². The molecule has 0 fully saturated rings. The zero-order valence-corrected chi connectivity index (χ0v) is 14.7. The van der Waals surface area contributed by atoms with E-state index < -0.39 is 17.5 Å². The summed E-state index contributed by atoms with van der Waals surface area (Å²) < 4.78 is 29.8. The zero-order chi connectivity index (χ0) is 19.1. The molecule has 135 valence electrons. The summed E-state index contributed by atoms with van der Waals surface area (Å²) in [7, 11) is 0. The van der Waals surface area contributed by atoms with Crippen LogP contribution in [0.3, 0.4) is 0 Å². The smallest absolute Gasteiger partial charge is 0.249 e. The molecule has 1 heterocycles. The lowest BCUT2D eigenvalue weighted by Crippen LogP contribution is -2.11. The lowest BCUT2D eigenvalue weighted by atomic mass is 10.0. The molecule has 4 rings (SSSR count). The largest absolute Gasteiger partial charge is 0.366 e. The number of aryl methyl sites for hydroxylation is 1. The molecule has 0 unspecified atom stereocenters. The fourth-order valence-corrected chi connectivity index (χ4v) is 3.51. The number of hydrogen-bond donors (Lipinski definition) is 1. The molecule has 0 saturated heterocycles. The highest BCUT2D eigenvalue weighted by Crippen LogP contribution is 2.33. The maximum atomic E-state index is 14.3. The molecule has 3 aromatic carbocycles. The van der Waals surface area contributed by atoms with Crippen molar-refractivity contribution in [1.29, 1.82) is 0 Å². The zero-order valence-electron chi connectivity index (χ0n) is 14.7. The van der Waals surface area contributed by atoms with Crippen LogP contribution in [-0.2, 0) is 13.0 Å². The Labute approximate surface area is 155 Å². The number of carbonyl (C=O) groups excluding carboxylic acids is 1. The van der Waals surface area contributed by atoms with Gasteiger partial charge in [-0.3, -0.25) is 4.79 Å². The van der Waals surface area contributed by atoms with Crippen LogP contribution in [0.5, 0.6) is 0 Å². The highest BCUT2D eigenvalue weighted by atomic mass is 19.1. The van der Waals surface area contributed by atoms with Gasteiger partial charge in [0.15, 0.2) is 0 Å². The van der Waals surface area contributed by atoms with Crippen LogP contribution in [0.2, 0.25) is 0 Å². The van der Waals surface area contributed by atoms with Crippen molar-refractivity contribution in [3.05, 3.63) is 82.9 Å². The molecule has 0 atom stereocenters. The number of benzene rings is 3. The van der Waals surface area contributed by atoms with Crippen LogP contribution in [-0.4, -0.2) is 10.5 Å². The molecule has 0 saturated carbocycles. The topological polar surface area (TPSA) is 48.0 Å². The Balaban J connectivity index is 2.06. The van der Waals surface area contributed by atoms with Crippen LogP contribution in [0.15, 0.2) is 48.5 Å². The lowest BCUT2D eigenvalue weighted by Gasteiger charge is -2.10. The van der Waals surface area contributed by atoms with Crippen molar-refractivity contribution in [3.8, 4) is 0 Å². The van der Waals surface area contributed by atoms with E-state index in [1.54, 1.807) is 12.1 Å². The van der Waals surface area contributed by atoms with Crippen LogP contribution in [0.1, 0.15) is 28.4 Å². The minimum Gasteiger partial charge on any atom is -0.366 e. The third kappa shape index (κ3) is 2.85. The molecule has 4 aromatic rings. The summed E-state index contributed by atoms with van der Waals surface area (Å²) in [6.07, 6.45) is 0.810. The van der Waals surface area contributed by atoms with Crippen LogP contribution in [0.4, 0.5) is 8.78 Å². The highest BCUT2D eigenvalue weighted by molar-refractivity contribution is 6.17. The van der Waals surface area contributed by atoms with Crippen molar-refractivity contribution >= 4 is 27.7 Å². The van der Waals surface area contributed by atoms with Gasteiger partial charge >= 0.3 is 0 Å². The second kappa shape index (κ2) is 6.50. The first-order valence-corrected chi connectivity index (χ1v) is 8.69. The Bertz CT molecular complexity index is 1190. The van der Waals surface area contributed by atoms with Gasteiger partial charge in [0.2, 0.25) is 5.91 Å². The van der Waals surface area contributed by atoms with Gasteiger partial charge in [-0.2, -0.15) is 0 Å². The lowest BCUT2D eigenvalue weighted by molar-refractivity contribution is 0.100. The Morgan fingerprint density at radius 3 is 2.70 bits per heavy atom. The van der Waals surface area contributed by atoms with E-state index in [4.69, 9.17) is 5.73 Å². The number of fused-ring (bicyclic) bond motifs is 3. The number of rotatable bonds is 4. The third-order valence-electron chi connectivity index (χ3n) is 4.86. The monoisotopic (exact) mass is 363 g/mol.